The van der Waals surface area contributed by atoms with Crippen molar-refractivity contribution in [1.82, 2.24) is 9.80 Å². The number of hydrogen-bond acceptors (Lipinski definition) is 3. The lowest BCUT2D eigenvalue weighted by Gasteiger charge is -2.33. The summed E-state index contributed by atoms with van der Waals surface area (Å²) in [5, 5.41) is 0. The second-order valence-electron chi connectivity index (χ2n) is 8.04. The van der Waals surface area contributed by atoms with E-state index in [1.807, 2.05) is 24.1 Å². The first-order valence-electron chi connectivity index (χ1n) is 10.4. The first-order chi connectivity index (χ1) is 13.7. The van der Waals surface area contributed by atoms with Crippen LogP contribution < -0.4 is 0 Å². The Kier molecular flexibility index (Phi) is 6.08. The van der Waals surface area contributed by atoms with Crippen molar-refractivity contribution >= 4 is 5.91 Å². The minimum absolute atomic E-state index is 0.119. The highest BCUT2D eigenvalue weighted by molar-refractivity contribution is 5.94. The molecule has 0 N–H and O–H groups in total. The number of fused-ring (bicyclic) bond motifs is 1. The van der Waals surface area contributed by atoms with Crippen molar-refractivity contribution in [2.24, 2.45) is 0 Å². The van der Waals surface area contributed by atoms with Crippen LogP contribution in [0.25, 0.3) is 0 Å². The Hall–Kier alpha value is -2.17. The van der Waals surface area contributed by atoms with Crippen LogP contribution in [0.1, 0.15) is 45.8 Å². The van der Waals surface area contributed by atoms with Gasteiger partial charge in [-0.15, -0.1) is 0 Å². The molecule has 2 aliphatic rings. The SMILES string of the molecule is CN(CCN1CCC(c2ccccc2)CC1)C(=O)c1ccc2c(c1)CCOC2. The largest absolute Gasteiger partial charge is 0.376 e. The summed E-state index contributed by atoms with van der Waals surface area (Å²) in [6.07, 6.45) is 3.31. The number of likely N-dealkylation sites (tertiary alicyclic amines) is 1. The molecule has 1 amide bonds. The number of piperidine rings is 1. The number of rotatable bonds is 5. The Morgan fingerprint density at radius 1 is 1.11 bits per heavy atom. The molecule has 1 fully saturated rings. The van der Waals surface area contributed by atoms with E-state index in [1.54, 1.807) is 0 Å². The maximum Gasteiger partial charge on any atom is 0.253 e. The first-order valence-corrected chi connectivity index (χ1v) is 10.4. The van der Waals surface area contributed by atoms with Gasteiger partial charge in [0.1, 0.15) is 0 Å². The van der Waals surface area contributed by atoms with Crippen LogP contribution in [0.2, 0.25) is 0 Å². The molecule has 2 aromatic rings. The lowest BCUT2D eigenvalue weighted by molar-refractivity contribution is 0.0769. The molecule has 4 rings (SSSR count). The van der Waals surface area contributed by atoms with Crippen molar-refractivity contribution in [3.8, 4) is 0 Å². The fraction of sp³-hybridized carbons (Fsp3) is 0.458. The summed E-state index contributed by atoms with van der Waals surface area (Å²) < 4.78 is 5.48. The van der Waals surface area contributed by atoms with Gasteiger partial charge in [-0.2, -0.15) is 0 Å². The van der Waals surface area contributed by atoms with Crippen LogP contribution in [0.4, 0.5) is 0 Å². The van der Waals surface area contributed by atoms with Crippen LogP contribution >= 0.6 is 0 Å². The van der Waals surface area contributed by atoms with Gasteiger partial charge >= 0.3 is 0 Å². The molecular formula is C24H30N2O2. The van der Waals surface area contributed by atoms with E-state index in [1.165, 1.54) is 29.5 Å². The highest BCUT2D eigenvalue weighted by Gasteiger charge is 2.21. The van der Waals surface area contributed by atoms with Crippen LogP contribution in [0, 0.1) is 0 Å². The average Bonchev–Trinajstić information content (AvgIpc) is 2.77. The third-order valence-corrected chi connectivity index (χ3v) is 6.18. The number of hydrogen-bond donors (Lipinski definition) is 0. The zero-order chi connectivity index (χ0) is 19.3. The van der Waals surface area contributed by atoms with Gasteiger partial charge in [0.15, 0.2) is 0 Å². The van der Waals surface area contributed by atoms with Gasteiger partial charge in [-0.1, -0.05) is 36.4 Å². The number of ether oxygens (including phenoxy) is 1. The zero-order valence-corrected chi connectivity index (χ0v) is 16.8. The van der Waals surface area contributed by atoms with Gasteiger partial charge < -0.3 is 14.5 Å². The normalized spacial score (nSPS) is 17.9. The summed E-state index contributed by atoms with van der Waals surface area (Å²) in [7, 11) is 1.92. The lowest BCUT2D eigenvalue weighted by Crippen LogP contribution is -2.40. The third kappa shape index (κ3) is 4.45. The maximum atomic E-state index is 12.8. The summed E-state index contributed by atoms with van der Waals surface area (Å²) in [6.45, 7) is 5.36. The first kappa shape index (κ1) is 19.2. The summed E-state index contributed by atoms with van der Waals surface area (Å²) >= 11 is 0. The Labute approximate surface area is 168 Å². The maximum absolute atomic E-state index is 12.8. The van der Waals surface area contributed by atoms with Crippen molar-refractivity contribution in [2.75, 3.05) is 39.8 Å². The number of benzene rings is 2. The van der Waals surface area contributed by atoms with E-state index < -0.39 is 0 Å². The van der Waals surface area contributed by atoms with Gasteiger partial charge in [0.25, 0.3) is 5.91 Å². The monoisotopic (exact) mass is 378 g/mol. The van der Waals surface area contributed by atoms with Crippen LogP contribution in [0.3, 0.4) is 0 Å². The molecule has 0 saturated carbocycles. The van der Waals surface area contributed by atoms with Crippen molar-refractivity contribution in [2.45, 2.75) is 31.8 Å². The van der Waals surface area contributed by atoms with E-state index in [0.717, 1.165) is 44.8 Å². The van der Waals surface area contributed by atoms with E-state index in [0.29, 0.717) is 12.5 Å². The van der Waals surface area contributed by atoms with Crippen LogP contribution in [0.5, 0.6) is 0 Å². The molecule has 148 valence electrons. The van der Waals surface area contributed by atoms with Crippen molar-refractivity contribution < 1.29 is 9.53 Å². The minimum Gasteiger partial charge on any atom is -0.376 e. The molecule has 0 bridgehead atoms. The summed E-state index contributed by atoms with van der Waals surface area (Å²) in [5.41, 5.74) is 4.73. The van der Waals surface area contributed by atoms with Crippen molar-refractivity contribution in [3.05, 3.63) is 70.8 Å². The third-order valence-electron chi connectivity index (χ3n) is 6.18. The summed E-state index contributed by atoms with van der Waals surface area (Å²) in [4.78, 5) is 17.2. The molecule has 0 aromatic heterocycles. The Morgan fingerprint density at radius 2 is 1.89 bits per heavy atom. The van der Waals surface area contributed by atoms with E-state index in [4.69, 9.17) is 4.74 Å². The number of nitrogens with zero attached hydrogens (tertiary/aromatic N) is 2. The van der Waals surface area contributed by atoms with Crippen LogP contribution in [-0.4, -0.2) is 55.5 Å². The van der Waals surface area contributed by atoms with E-state index in [9.17, 15) is 4.79 Å². The Balaban J connectivity index is 1.26. The quantitative estimate of drug-likeness (QED) is 0.795. The lowest BCUT2D eigenvalue weighted by atomic mass is 9.89. The van der Waals surface area contributed by atoms with Gasteiger partial charge in [-0.3, -0.25) is 4.79 Å². The Bertz CT molecular complexity index is 798. The van der Waals surface area contributed by atoms with Gasteiger partial charge in [0, 0.05) is 25.7 Å². The van der Waals surface area contributed by atoms with Gasteiger partial charge in [0.2, 0.25) is 0 Å². The highest BCUT2D eigenvalue weighted by Crippen LogP contribution is 2.27. The van der Waals surface area contributed by atoms with E-state index in [2.05, 4.69) is 41.3 Å². The molecule has 0 atom stereocenters. The topological polar surface area (TPSA) is 32.8 Å². The molecule has 0 radical (unpaired) electrons. The van der Waals surface area contributed by atoms with Gasteiger partial charge in [-0.05, 0) is 67.1 Å². The number of amides is 1. The zero-order valence-electron chi connectivity index (χ0n) is 16.8. The molecule has 2 aromatic carbocycles. The molecule has 0 spiro atoms. The van der Waals surface area contributed by atoms with E-state index >= 15 is 0 Å². The van der Waals surface area contributed by atoms with Crippen molar-refractivity contribution in [1.29, 1.82) is 0 Å². The number of likely N-dealkylation sites (N-methyl/N-ethyl adjacent to an activating group) is 1. The molecule has 2 aliphatic heterocycles. The molecule has 28 heavy (non-hydrogen) atoms. The van der Waals surface area contributed by atoms with Gasteiger partial charge in [0.05, 0.1) is 13.2 Å². The predicted molar refractivity (Wildman–Crippen MR) is 112 cm³/mol. The van der Waals surface area contributed by atoms with Crippen LogP contribution in [-0.2, 0) is 17.8 Å². The Morgan fingerprint density at radius 3 is 2.68 bits per heavy atom. The smallest absolute Gasteiger partial charge is 0.253 e. The molecule has 4 nitrogen and oxygen atoms in total. The molecule has 0 unspecified atom stereocenters. The molecular weight excluding hydrogens is 348 g/mol. The number of carbonyl (C=O) groups is 1. The standard InChI is InChI=1S/C24H30N2O2/c1-25(24(27)22-7-8-23-18-28-16-11-21(23)17-22)14-15-26-12-9-20(10-13-26)19-5-3-2-4-6-19/h2-8,17,20H,9-16,18H2,1H3. The summed E-state index contributed by atoms with van der Waals surface area (Å²) in [6, 6.07) is 16.9. The molecule has 1 saturated heterocycles. The van der Waals surface area contributed by atoms with Crippen molar-refractivity contribution in [3.63, 3.8) is 0 Å². The predicted octanol–water partition coefficient (Wildman–Crippen LogP) is 3.71. The minimum atomic E-state index is 0.119. The number of carbonyl (C=O) groups excluding carboxylic acids is 1. The molecule has 4 heteroatoms. The second-order valence-corrected chi connectivity index (χ2v) is 8.04. The fourth-order valence-corrected chi connectivity index (χ4v) is 4.33. The average molecular weight is 379 g/mol. The van der Waals surface area contributed by atoms with E-state index in [-0.39, 0.29) is 5.91 Å². The fourth-order valence-electron chi connectivity index (χ4n) is 4.33. The van der Waals surface area contributed by atoms with Crippen LogP contribution in [0.15, 0.2) is 48.5 Å². The second kappa shape index (κ2) is 8.89. The highest BCUT2D eigenvalue weighted by atomic mass is 16.5. The molecule has 0 aliphatic carbocycles. The molecule has 2 heterocycles. The van der Waals surface area contributed by atoms with Gasteiger partial charge in [-0.25, -0.2) is 0 Å². The summed E-state index contributed by atoms with van der Waals surface area (Å²) in [5.74, 6) is 0.796.